The Bertz CT molecular complexity index is 673. The van der Waals surface area contributed by atoms with Crippen molar-refractivity contribution in [1.29, 1.82) is 0 Å². The van der Waals surface area contributed by atoms with Gasteiger partial charge in [-0.3, -0.25) is 4.79 Å². The molecule has 0 spiro atoms. The molecular formula is C17H18Cl2N2O2. The van der Waals surface area contributed by atoms with Gasteiger partial charge in [0.25, 0.3) is 5.91 Å². The zero-order valence-corrected chi connectivity index (χ0v) is 14.5. The van der Waals surface area contributed by atoms with Crippen LogP contribution in [0.3, 0.4) is 0 Å². The van der Waals surface area contributed by atoms with E-state index in [0.29, 0.717) is 22.3 Å². The Hall–Kier alpha value is -1.91. The summed E-state index contributed by atoms with van der Waals surface area (Å²) in [6, 6.07) is 12.8. The number of carbonyl (C=O) groups is 1. The second kappa shape index (κ2) is 8.09. The largest absolute Gasteiger partial charge is 0.482 e. The fourth-order valence-electron chi connectivity index (χ4n) is 1.89. The molecule has 6 heteroatoms. The van der Waals surface area contributed by atoms with Gasteiger partial charge in [-0.1, -0.05) is 35.3 Å². The van der Waals surface area contributed by atoms with E-state index >= 15 is 0 Å². The minimum atomic E-state index is -0.224. The Morgan fingerprint density at radius 3 is 2.48 bits per heavy atom. The Balaban J connectivity index is 1.82. The number of ether oxygens (including phenoxy) is 1. The third-order valence-electron chi connectivity index (χ3n) is 3.19. The van der Waals surface area contributed by atoms with E-state index in [-0.39, 0.29) is 12.5 Å². The number of rotatable bonds is 6. The van der Waals surface area contributed by atoms with Gasteiger partial charge in [0.05, 0.1) is 5.02 Å². The Labute approximate surface area is 146 Å². The SMILES string of the molecule is CN(C)c1ccc(CNC(=O)COc2cc(Cl)ccc2Cl)cc1. The summed E-state index contributed by atoms with van der Waals surface area (Å²) in [5, 5.41) is 3.72. The molecule has 0 aromatic heterocycles. The van der Waals surface area contributed by atoms with Crippen molar-refractivity contribution >= 4 is 34.8 Å². The summed E-state index contributed by atoms with van der Waals surface area (Å²) in [5.41, 5.74) is 2.13. The Kier molecular flexibility index (Phi) is 6.13. The number of anilines is 1. The standard InChI is InChI=1S/C17H18Cl2N2O2/c1-21(2)14-6-3-12(4-7-14)10-20-17(22)11-23-16-9-13(18)5-8-15(16)19/h3-9H,10-11H2,1-2H3,(H,20,22). The lowest BCUT2D eigenvalue weighted by molar-refractivity contribution is -0.123. The number of amides is 1. The van der Waals surface area contributed by atoms with Gasteiger partial charge < -0.3 is 15.0 Å². The highest BCUT2D eigenvalue weighted by Crippen LogP contribution is 2.27. The van der Waals surface area contributed by atoms with Gasteiger partial charge in [-0.05, 0) is 29.8 Å². The van der Waals surface area contributed by atoms with Crippen molar-refractivity contribution < 1.29 is 9.53 Å². The molecule has 122 valence electrons. The van der Waals surface area contributed by atoms with Crippen LogP contribution in [0.1, 0.15) is 5.56 Å². The maximum absolute atomic E-state index is 11.8. The highest BCUT2D eigenvalue weighted by molar-refractivity contribution is 6.34. The van der Waals surface area contributed by atoms with Crippen LogP contribution >= 0.6 is 23.2 Å². The van der Waals surface area contributed by atoms with E-state index in [2.05, 4.69) is 5.32 Å². The van der Waals surface area contributed by atoms with E-state index in [1.165, 1.54) is 0 Å². The number of nitrogens with zero attached hydrogens (tertiary/aromatic N) is 1. The molecule has 0 radical (unpaired) electrons. The monoisotopic (exact) mass is 352 g/mol. The number of hydrogen-bond acceptors (Lipinski definition) is 3. The third-order valence-corrected chi connectivity index (χ3v) is 3.74. The van der Waals surface area contributed by atoms with Gasteiger partial charge in [0.15, 0.2) is 6.61 Å². The summed E-state index contributed by atoms with van der Waals surface area (Å²) < 4.78 is 5.38. The molecule has 0 aliphatic rings. The molecule has 4 nitrogen and oxygen atoms in total. The average molecular weight is 353 g/mol. The van der Waals surface area contributed by atoms with Crippen molar-refractivity contribution in [2.24, 2.45) is 0 Å². The van der Waals surface area contributed by atoms with Crippen LogP contribution in [0.15, 0.2) is 42.5 Å². The van der Waals surface area contributed by atoms with Gasteiger partial charge in [-0.2, -0.15) is 0 Å². The normalized spacial score (nSPS) is 10.3. The van der Waals surface area contributed by atoms with E-state index in [0.717, 1.165) is 11.3 Å². The summed E-state index contributed by atoms with van der Waals surface area (Å²) in [6.07, 6.45) is 0. The smallest absolute Gasteiger partial charge is 0.258 e. The van der Waals surface area contributed by atoms with Gasteiger partial charge in [0, 0.05) is 37.4 Å². The van der Waals surface area contributed by atoms with Crippen LogP contribution in [0.4, 0.5) is 5.69 Å². The summed E-state index contributed by atoms with van der Waals surface area (Å²) in [4.78, 5) is 13.9. The number of nitrogens with one attached hydrogen (secondary N) is 1. The van der Waals surface area contributed by atoms with E-state index in [9.17, 15) is 4.79 Å². The molecule has 1 amide bonds. The fraction of sp³-hybridized carbons (Fsp3) is 0.235. The van der Waals surface area contributed by atoms with Gasteiger partial charge >= 0.3 is 0 Å². The summed E-state index contributed by atoms with van der Waals surface area (Å²) in [5.74, 6) is 0.169. The van der Waals surface area contributed by atoms with Crippen molar-refractivity contribution in [3.63, 3.8) is 0 Å². The van der Waals surface area contributed by atoms with Gasteiger partial charge in [-0.25, -0.2) is 0 Å². The summed E-state index contributed by atoms with van der Waals surface area (Å²) >= 11 is 11.8. The van der Waals surface area contributed by atoms with E-state index in [1.807, 2.05) is 43.3 Å². The van der Waals surface area contributed by atoms with Gasteiger partial charge in [-0.15, -0.1) is 0 Å². The lowest BCUT2D eigenvalue weighted by Crippen LogP contribution is -2.28. The predicted octanol–water partition coefficient (Wildman–Crippen LogP) is 3.75. The molecular weight excluding hydrogens is 335 g/mol. The second-order valence-electron chi connectivity index (χ2n) is 5.20. The predicted molar refractivity (Wildman–Crippen MR) is 94.6 cm³/mol. The average Bonchev–Trinajstić information content (AvgIpc) is 2.54. The number of benzene rings is 2. The van der Waals surface area contributed by atoms with Crippen molar-refractivity contribution in [3.05, 3.63) is 58.1 Å². The van der Waals surface area contributed by atoms with E-state index < -0.39 is 0 Å². The molecule has 0 bridgehead atoms. The van der Waals surface area contributed by atoms with Crippen molar-refractivity contribution in [3.8, 4) is 5.75 Å². The maximum Gasteiger partial charge on any atom is 0.258 e. The maximum atomic E-state index is 11.8. The Morgan fingerprint density at radius 2 is 1.83 bits per heavy atom. The molecule has 0 heterocycles. The molecule has 0 atom stereocenters. The van der Waals surface area contributed by atoms with Crippen molar-refractivity contribution in [2.75, 3.05) is 25.6 Å². The molecule has 2 rings (SSSR count). The van der Waals surface area contributed by atoms with Crippen LogP contribution in [0.25, 0.3) is 0 Å². The number of hydrogen-bond donors (Lipinski definition) is 1. The molecule has 0 aliphatic heterocycles. The van der Waals surface area contributed by atoms with Crippen LogP contribution in [0.5, 0.6) is 5.75 Å². The van der Waals surface area contributed by atoms with Crippen molar-refractivity contribution in [1.82, 2.24) is 5.32 Å². The minimum absolute atomic E-state index is 0.115. The lowest BCUT2D eigenvalue weighted by Gasteiger charge is -2.13. The zero-order valence-electron chi connectivity index (χ0n) is 13.0. The first-order valence-electron chi connectivity index (χ1n) is 7.06. The molecule has 0 saturated heterocycles. The van der Waals surface area contributed by atoms with Crippen LogP contribution in [0.2, 0.25) is 10.0 Å². The van der Waals surface area contributed by atoms with E-state index in [4.69, 9.17) is 27.9 Å². The fourth-order valence-corrected chi connectivity index (χ4v) is 2.23. The van der Waals surface area contributed by atoms with Crippen LogP contribution < -0.4 is 15.0 Å². The minimum Gasteiger partial charge on any atom is -0.482 e. The lowest BCUT2D eigenvalue weighted by atomic mass is 10.2. The summed E-state index contributed by atoms with van der Waals surface area (Å²) in [7, 11) is 3.96. The molecule has 23 heavy (non-hydrogen) atoms. The zero-order chi connectivity index (χ0) is 16.8. The topological polar surface area (TPSA) is 41.6 Å². The first-order valence-corrected chi connectivity index (χ1v) is 7.82. The highest BCUT2D eigenvalue weighted by Gasteiger charge is 2.07. The van der Waals surface area contributed by atoms with Crippen molar-refractivity contribution in [2.45, 2.75) is 6.54 Å². The molecule has 0 fully saturated rings. The molecule has 0 unspecified atom stereocenters. The Morgan fingerprint density at radius 1 is 1.13 bits per heavy atom. The molecule has 0 saturated carbocycles. The molecule has 2 aromatic carbocycles. The first kappa shape index (κ1) is 17.4. The number of carbonyl (C=O) groups excluding carboxylic acids is 1. The van der Waals surface area contributed by atoms with Gasteiger partial charge in [0.2, 0.25) is 0 Å². The molecule has 2 aromatic rings. The highest BCUT2D eigenvalue weighted by atomic mass is 35.5. The van der Waals surface area contributed by atoms with Crippen LogP contribution in [-0.2, 0) is 11.3 Å². The number of halogens is 2. The quantitative estimate of drug-likeness (QED) is 0.860. The van der Waals surface area contributed by atoms with E-state index in [1.54, 1.807) is 18.2 Å². The summed E-state index contributed by atoms with van der Waals surface area (Å²) in [6.45, 7) is 0.328. The second-order valence-corrected chi connectivity index (χ2v) is 6.04. The van der Waals surface area contributed by atoms with Crippen LogP contribution in [-0.4, -0.2) is 26.6 Å². The molecule has 0 aliphatic carbocycles. The first-order chi connectivity index (χ1) is 11.0. The van der Waals surface area contributed by atoms with Crippen LogP contribution in [0, 0.1) is 0 Å². The third kappa shape index (κ3) is 5.34. The molecule has 1 N–H and O–H groups in total. The van der Waals surface area contributed by atoms with Gasteiger partial charge in [0.1, 0.15) is 5.75 Å².